The van der Waals surface area contributed by atoms with Crippen molar-refractivity contribution in [1.29, 1.82) is 0 Å². The summed E-state index contributed by atoms with van der Waals surface area (Å²) in [5.41, 5.74) is 6.13. The monoisotopic (exact) mass is 422 g/mol. The molecule has 0 bridgehead atoms. The van der Waals surface area contributed by atoms with Gasteiger partial charge in [0.25, 0.3) is 10.0 Å². The third-order valence-corrected chi connectivity index (χ3v) is 6.32. The average molecular weight is 422 g/mol. The summed E-state index contributed by atoms with van der Waals surface area (Å²) in [6.07, 6.45) is 0. The third-order valence-electron chi connectivity index (χ3n) is 4.72. The van der Waals surface area contributed by atoms with Crippen molar-refractivity contribution in [3.63, 3.8) is 0 Å². The van der Waals surface area contributed by atoms with Crippen molar-refractivity contribution >= 4 is 21.6 Å². The Labute approximate surface area is 168 Å². The molecule has 10 heteroatoms. The van der Waals surface area contributed by atoms with Gasteiger partial charge in [0.15, 0.2) is 5.37 Å². The van der Waals surface area contributed by atoms with E-state index in [2.05, 4.69) is 20.9 Å². The molecule has 1 heterocycles. The molecule has 3 unspecified atom stereocenters. The maximum absolute atomic E-state index is 13.8. The summed E-state index contributed by atoms with van der Waals surface area (Å²) in [7, 11) is -2.44. The molecule has 8 nitrogen and oxygen atoms in total. The van der Waals surface area contributed by atoms with Crippen LogP contribution in [0.15, 0.2) is 48.5 Å². The van der Waals surface area contributed by atoms with Crippen LogP contribution in [0.3, 0.4) is 0 Å². The van der Waals surface area contributed by atoms with E-state index in [0.29, 0.717) is 17.0 Å². The van der Waals surface area contributed by atoms with Gasteiger partial charge in [-0.2, -0.15) is 0 Å². The number of rotatable bonds is 7. The lowest BCUT2D eigenvalue weighted by molar-refractivity contribution is -0.125. The number of amides is 1. The number of halogens is 1. The van der Waals surface area contributed by atoms with Crippen molar-refractivity contribution < 1.29 is 22.3 Å². The van der Waals surface area contributed by atoms with E-state index in [-0.39, 0.29) is 6.54 Å². The number of hydrogen-bond donors (Lipinski definition) is 4. The summed E-state index contributed by atoms with van der Waals surface area (Å²) in [5, 5.41) is 1.42. The molecule has 156 valence electrons. The van der Waals surface area contributed by atoms with E-state index in [1.54, 1.807) is 49.4 Å². The Morgan fingerprint density at radius 3 is 2.48 bits per heavy atom. The van der Waals surface area contributed by atoms with E-state index in [9.17, 15) is 17.6 Å². The fourth-order valence-electron chi connectivity index (χ4n) is 3.12. The number of hydrogen-bond acceptors (Lipinski definition) is 6. The number of carbonyl (C=O) groups is 1. The quantitative estimate of drug-likeness (QED) is 0.536. The van der Waals surface area contributed by atoms with E-state index in [1.165, 1.54) is 13.2 Å². The number of benzene rings is 2. The molecule has 1 amide bonds. The van der Waals surface area contributed by atoms with Gasteiger partial charge >= 0.3 is 0 Å². The zero-order valence-electron chi connectivity index (χ0n) is 16.0. The molecule has 4 N–H and O–H groups in total. The molecule has 2 aromatic carbocycles. The van der Waals surface area contributed by atoms with Crippen LogP contribution in [0.1, 0.15) is 12.5 Å². The fraction of sp³-hybridized carbons (Fsp3) is 0.316. The second-order valence-electron chi connectivity index (χ2n) is 6.71. The van der Waals surface area contributed by atoms with Gasteiger partial charge in [0.05, 0.1) is 13.0 Å². The van der Waals surface area contributed by atoms with Crippen LogP contribution in [0, 0.1) is 11.7 Å². The molecule has 2 aromatic rings. The Bertz CT molecular complexity index is 968. The molecular formula is C19H23FN4O4S. The van der Waals surface area contributed by atoms with Crippen LogP contribution in [0.4, 0.5) is 10.1 Å². The highest BCUT2D eigenvalue weighted by molar-refractivity contribution is 7.93. The minimum absolute atomic E-state index is 0.0343. The maximum atomic E-state index is 13.8. The van der Waals surface area contributed by atoms with Crippen molar-refractivity contribution in [3.05, 3.63) is 59.9 Å². The van der Waals surface area contributed by atoms with E-state index >= 15 is 0 Å². The summed E-state index contributed by atoms with van der Waals surface area (Å²) in [6, 6.07) is 12.0. The Kier molecular flexibility index (Phi) is 6.36. The Morgan fingerprint density at radius 2 is 1.83 bits per heavy atom. The van der Waals surface area contributed by atoms with Crippen LogP contribution in [-0.4, -0.2) is 32.9 Å². The second kappa shape index (κ2) is 8.76. The summed E-state index contributed by atoms with van der Waals surface area (Å²) in [4.78, 5) is 12.7. The van der Waals surface area contributed by atoms with Gasteiger partial charge in [0.2, 0.25) is 5.91 Å². The lowest BCUT2D eigenvalue weighted by Gasteiger charge is -2.21. The minimum atomic E-state index is -3.95. The highest BCUT2D eigenvalue weighted by Gasteiger charge is 2.46. The molecule has 0 spiro atoms. The maximum Gasteiger partial charge on any atom is 0.250 e. The molecule has 0 saturated carbocycles. The molecule has 1 saturated heterocycles. The van der Waals surface area contributed by atoms with Crippen LogP contribution in [0.25, 0.3) is 0 Å². The van der Waals surface area contributed by atoms with E-state index in [0.717, 1.165) is 0 Å². The second-order valence-corrected chi connectivity index (χ2v) is 8.51. The SMILES string of the molecule is COc1ccc(NS(=O)(=O)C2NNC(C)C2C(=O)NCc2ccccc2F)cc1. The zero-order valence-corrected chi connectivity index (χ0v) is 16.8. The molecular weight excluding hydrogens is 399 g/mol. The van der Waals surface area contributed by atoms with Crippen molar-refractivity contribution in [2.45, 2.75) is 24.9 Å². The first kappa shape index (κ1) is 21.0. The summed E-state index contributed by atoms with van der Waals surface area (Å²) in [6.45, 7) is 1.66. The van der Waals surface area contributed by atoms with Gasteiger partial charge in [-0.15, -0.1) is 0 Å². The van der Waals surface area contributed by atoms with Crippen LogP contribution < -0.4 is 25.6 Å². The van der Waals surface area contributed by atoms with Gasteiger partial charge in [-0.1, -0.05) is 18.2 Å². The molecule has 3 rings (SSSR count). The Hall–Kier alpha value is -2.69. The normalized spacial score (nSPS) is 21.6. The molecule has 0 radical (unpaired) electrons. The van der Waals surface area contributed by atoms with E-state index in [4.69, 9.17) is 4.74 Å². The summed E-state index contributed by atoms with van der Waals surface area (Å²) < 4.78 is 47.0. The van der Waals surface area contributed by atoms with E-state index < -0.39 is 39.1 Å². The Morgan fingerprint density at radius 1 is 1.14 bits per heavy atom. The molecule has 1 fully saturated rings. The molecule has 1 aliphatic rings. The highest BCUT2D eigenvalue weighted by Crippen LogP contribution is 2.23. The molecule has 0 aromatic heterocycles. The fourth-order valence-corrected chi connectivity index (χ4v) is 4.68. The van der Waals surface area contributed by atoms with Crippen molar-refractivity contribution in [3.8, 4) is 5.75 Å². The van der Waals surface area contributed by atoms with Crippen molar-refractivity contribution in [2.24, 2.45) is 5.92 Å². The van der Waals surface area contributed by atoms with Gasteiger partial charge in [-0.25, -0.2) is 18.2 Å². The lowest BCUT2D eigenvalue weighted by atomic mass is 10.0. The first-order valence-electron chi connectivity index (χ1n) is 8.99. The van der Waals surface area contributed by atoms with Gasteiger partial charge in [0, 0.05) is 23.8 Å². The topological polar surface area (TPSA) is 109 Å². The zero-order chi connectivity index (χ0) is 21.0. The average Bonchev–Trinajstić information content (AvgIpc) is 3.10. The van der Waals surface area contributed by atoms with Crippen molar-refractivity contribution in [1.82, 2.24) is 16.2 Å². The number of hydrazine groups is 1. The van der Waals surface area contributed by atoms with Crippen molar-refractivity contribution in [2.75, 3.05) is 11.8 Å². The van der Waals surface area contributed by atoms with Gasteiger partial charge in [-0.05, 0) is 37.3 Å². The van der Waals surface area contributed by atoms with Gasteiger partial charge in [-0.3, -0.25) is 14.9 Å². The minimum Gasteiger partial charge on any atom is -0.497 e. The lowest BCUT2D eigenvalue weighted by Crippen LogP contribution is -2.47. The van der Waals surface area contributed by atoms with E-state index in [1.807, 2.05) is 0 Å². The predicted molar refractivity (Wildman–Crippen MR) is 107 cm³/mol. The van der Waals surface area contributed by atoms with Crippen LogP contribution >= 0.6 is 0 Å². The molecule has 3 atom stereocenters. The number of methoxy groups -OCH3 is 1. The third kappa shape index (κ3) is 4.84. The summed E-state index contributed by atoms with van der Waals surface area (Å²) >= 11 is 0. The first-order valence-corrected chi connectivity index (χ1v) is 10.5. The van der Waals surface area contributed by atoms with Gasteiger partial charge in [0.1, 0.15) is 11.6 Å². The van der Waals surface area contributed by atoms with Crippen LogP contribution in [0.2, 0.25) is 0 Å². The number of nitrogens with one attached hydrogen (secondary N) is 4. The first-order chi connectivity index (χ1) is 13.8. The molecule has 0 aliphatic carbocycles. The molecule has 1 aliphatic heterocycles. The number of ether oxygens (including phenoxy) is 1. The number of carbonyl (C=O) groups excluding carboxylic acids is 1. The number of sulfonamides is 1. The highest BCUT2D eigenvalue weighted by atomic mass is 32.2. The Balaban J connectivity index is 1.71. The van der Waals surface area contributed by atoms with Gasteiger partial charge < -0.3 is 10.1 Å². The largest absolute Gasteiger partial charge is 0.497 e. The smallest absolute Gasteiger partial charge is 0.250 e. The van der Waals surface area contributed by atoms with Crippen LogP contribution in [0.5, 0.6) is 5.75 Å². The standard InChI is InChI=1S/C19H23FN4O4S/c1-12-17(18(25)21-11-13-5-3-4-6-16(13)20)19(23-22-12)29(26,27)24-14-7-9-15(28-2)10-8-14/h3-10,12,17,19,22-24H,11H2,1-2H3,(H,21,25). The summed E-state index contributed by atoms with van der Waals surface area (Å²) in [5.74, 6) is -1.26. The number of anilines is 1. The van der Waals surface area contributed by atoms with Crippen LogP contribution in [-0.2, 0) is 21.4 Å². The predicted octanol–water partition coefficient (Wildman–Crippen LogP) is 1.33. The molecule has 29 heavy (non-hydrogen) atoms.